The molecule has 2 fully saturated rings. The molecule has 0 radical (unpaired) electrons. The molecule has 0 aromatic heterocycles. The van der Waals surface area contributed by atoms with Gasteiger partial charge in [-0.1, -0.05) is 0 Å². The van der Waals surface area contributed by atoms with Crippen LogP contribution in [-0.2, 0) is 4.79 Å². The van der Waals surface area contributed by atoms with E-state index in [1.165, 1.54) is 29.2 Å². The lowest BCUT2D eigenvalue weighted by Gasteiger charge is -2.24. The molecule has 5 nitrogen and oxygen atoms in total. The van der Waals surface area contributed by atoms with Crippen molar-refractivity contribution in [2.45, 2.75) is 24.8 Å². The standard InChI is InChI=1S/C17H20F3N3O2.ClH/c18-13-4-2-12(3-5-13)15(24)22-6-1-7-23(9-8-22)16(25)14-10-17(19,20)11-21-14;/h2-5,14,21H,1,6-11H2;1H. The highest BCUT2D eigenvalue weighted by molar-refractivity contribution is 5.94. The lowest BCUT2D eigenvalue weighted by molar-refractivity contribution is -0.133. The van der Waals surface area contributed by atoms with Gasteiger partial charge in [-0.25, -0.2) is 13.2 Å². The van der Waals surface area contributed by atoms with Crippen molar-refractivity contribution < 1.29 is 22.8 Å². The number of amides is 2. The van der Waals surface area contributed by atoms with Crippen molar-refractivity contribution in [3.05, 3.63) is 35.6 Å². The number of hydrogen-bond acceptors (Lipinski definition) is 3. The third-order valence-corrected chi connectivity index (χ3v) is 4.59. The zero-order chi connectivity index (χ0) is 18.0. The van der Waals surface area contributed by atoms with Gasteiger partial charge >= 0.3 is 0 Å². The van der Waals surface area contributed by atoms with Crippen LogP contribution in [0.5, 0.6) is 0 Å². The molecule has 2 aliphatic rings. The van der Waals surface area contributed by atoms with Gasteiger partial charge in [-0.2, -0.15) is 0 Å². The van der Waals surface area contributed by atoms with Crippen LogP contribution in [0.25, 0.3) is 0 Å². The molecule has 0 saturated carbocycles. The minimum Gasteiger partial charge on any atom is -0.339 e. The molecule has 2 aliphatic heterocycles. The van der Waals surface area contributed by atoms with E-state index < -0.39 is 30.7 Å². The second kappa shape index (κ2) is 8.26. The third kappa shape index (κ3) is 4.67. The summed E-state index contributed by atoms with van der Waals surface area (Å²) in [5.41, 5.74) is 0.387. The maximum absolute atomic E-state index is 13.3. The van der Waals surface area contributed by atoms with Crippen LogP contribution in [0.3, 0.4) is 0 Å². The number of hydrogen-bond donors (Lipinski definition) is 1. The fourth-order valence-corrected chi connectivity index (χ4v) is 3.23. The second-order valence-electron chi connectivity index (χ2n) is 6.47. The van der Waals surface area contributed by atoms with E-state index in [0.29, 0.717) is 38.2 Å². The van der Waals surface area contributed by atoms with E-state index in [1.807, 2.05) is 0 Å². The lowest BCUT2D eigenvalue weighted by Crippen LogP contribution is -2.45. The Labute approximate surface area is 155 Å². The van der Waals surface area contributed by atoms with Crippen molar-refractivity contribution in [2.75, 3.05) is 32.7 Å². The molecule has 9 heteroatoms. The topological polar surface area (TPSA) is 52.7 Å². The first kappa shape index (κ1) is 20.5. The minimum absolute atomic E-state index is 0. The van der Waals surface area contributed by atoms with E-state index >= 15 is 0 Å². The van der Waals surface area contributed by atoms with E-state index in [-0.39, 0.29) is 24.2 Å². The number of carbonyl (C=O) groups excluding carboxylic acids is 2. The van der Waals surface area contributed by atoms with Gasteiger partial charge in [0.15, 0.2) is 0 Å². The Hall–Kier alpha value is -1.80. The smallest absolute Gasteiger partial charge is 0.262 e. The number of halogens is 4. The first-order chi connectivity index (χ1) is 11.9. The Morgan fingerprint density at radius 1 is 1.04 bits per heavy atom. The SMILES string of the molecule is Cl.O=C(c1ccc(F)cc1)N1CCCN(C(=O)C2CC(F)(F)CN2)CC1. The molecule has 3 rings (SSSR count). The first-order valence-corrected chi connectivity index (χ1v) is 8.30. The molecule has 0 aliphatic carbocycles. The summed E-state index contributed by atoms with van der Waals surface area (Å²) in [7, 11) is 0. The first-order valence-electron chi connectivity index (χ1n) is 8.30. The average Bonchev–Trinajstić information content (AvgIpc) is 2.80. The highest BCUT2D eigenvalue weighted by Crippen LogP contribution is 2.26. The molecule has 0 bridgehead atoms. The Kier molecular flexibility index (Phi) is 6.52. The molecule has 1 aromatic rings. The highest BCUT2D eigenvalue weighted by Gasteiger charge is 2.43. The summed E-state index contributed by atoms with van der Waals surface area (Å²) in [4.78, 5) is 28.0. The zero-order valence-electron chi connectivity index (χ0n) is 14.1. The number of rotatable bonds is 2. The van der Waals surface area contributed by atoms with Gasteiger partial charge in [0.2, 0.25) is 5.91 Å². The Balaban J connectivity index is 0.00000243. The molecule has 2 heterocycles. The zero-order valence-corrected chi connectivity index (χ0v) is 14.9. The maximum atomic E-state index is 13.3. The number of nitrogens with zero attached hydrogens (tertiary/aromatic N) is 2. The van der Waals surface area contributed by atoms with Crippen molar-refractivity contribution >= 4 is 24.2 Å². The quantitative estimate of drug-likeness (QED) is 0.838. The van der Waals surface area contributed by atoms with Gasteiger partial charge in [-0.15, -0.1) is 12.4 Å². The third-order valence-electron chi connectivity index (χ3n) is 4.59. The lowest BCUT2D eigenvalue weighted by atomic mass is 10.1. The molecule has 1 unspecified atom stereocenters. The Morgan fingerprint density at radius 2 is 1.65 bits per heavy atom. The van der Waals surface area contributed by atoms with Gasteiger partial charge in [0, 0.05) is 38.2 Å². The molecular weight excluding hydrogens is 371 g/mol. The van der Waals surface area contributed by atoms with Crippen LogP contribution in [-0.4, -0.2) is 66.3 Å². The molecule has 26 heavy (non-hydrogen) atoms. The fourth-order valence-electron chi connectivity index (χ4n) is 3.23. The molecule has 1 atom stereocenters. The summed E-state index contributed by atoms with van der Waals surface area (Å²) in [5, 5.41) is 2.57. The Bertz CT molecular complexity index is 657. The Morgan fingerprint density at radius 3 is 2.27 bits per heavy atom. The molecule has 0 spiro atoms. The van der Waals surface area contributed by atoms with Crippen LogP contribution >= 0.6 is 12.4 Å². The van der Waals surface area contributed by atoms with Crippen molar-refractivity contribution in [1.82, 2.24) is 15.1 Å². The van der Waals surface area contributed by atoms with Gasteiger partial charge in [-0.3, -0.25) is 14.9 Å². The van der Waals surface area contributed by atoms with Crippen molar-refractivity contribution in [3.8, 4) is 0 Å². The van der Waals surface area contributed by atoms with Crippen LogP contribution < -0.4 is 5.32 Å². The van der Waals surface area contributed by atoms with Gasteiger partial charge < -0.3 is 9.80 Å². The highest BCUT2D eigenvalue weighted by atomic mass is 35.5. The summed E-state index contributed by atoms with van der Waals surface area (Å²) < 4.78 is 39.5. The number of nitrogens with one attached hydrogen (secondary N) is 1. The van der Waals surface area contributed by atoms with E-state index in [9.17, 15) is 22.8 Å². The number of alkyl halides is 2. The van der Waals surface area contributed by atoms with Crippen LogP contribution in [0.15, 0.2) is 24.3 Å². The van der Waals surface area contributed by atoms with Gasteiger partial charge in [0.05, 0.1) is 12.6 Å². The molecule has 144 valence electrons. The largest absolute Gasteiger partial charge is 0.339 e. The number of carbonyl (C=O) groups is 2. The predicted molar refractivity (Wildman–Crippen MR) is 92.1 cm³/mol. The van der Waals surface area contributed by atoms with Crippen LogP contribution in [0.2, 0.25) is 0 Å². The predicted octanol–water partition coefficient (Wildman–Crippen LogP) is 1.92. The van der Waals surface area contributed by atoms with Crippen molar-refractivity contribution in [2.24, 2.45) is 0 Å². The summed E-state index contributed by atoms with van der Waals surface area (Å²) in [6.07, 6.45) is 0.0857. The summed E-state index contributed by atoms with van der Waals surface area (Å²) in [6, 6.07) is 4.44. The average molecular weight is 392 g/mol. The van der Waals surface area contributed by atoms with Crippen LogP contribution in [0.1, 0.15) is 23.2 Å². The summed E-state index contributed by atoms with van der Waals surface area (Å²) in [5.74, 6) is -3.82. The molecule has 2 amide bonds. The summed E-state index contributed by atoms with van der Waals surface area (Å²) >= 11 is 0. The fraction of sp³-hybridized carbons (Fsp3) is 0.529. The molecular formula is C17H21ClF3N3O2. The van der Waals surface area contributed by atoms with E-state index in [0.717, 1.165) is 0 Å². The van der Waals surface area contributed by atoms with Crippen molar-refractivity contribution in [3.63, 3.8) is 0 Å². The molecule has 1 aromatic carbocycles. The monoisotopic (exact) mass is 391 g/mol. The number of benzene rings is 1. The maximum Gasteiger partial charge on any atom is 0.262 e. The minimum atomic E-state index is -2.85. The molecule has 2 saturated heterocycles. The van der Waals surface area contributed by atoms with E-state index in [2.05, 4.69) is 5.32 Å². The summed E-state index contributed by atoms with van der Waals surface area (Å²) in [6.45, 7) is 1.04. The van der Waals surface area contributed by atoms with E-state index in [1.54, 1.807) is 4.90 Å². The van der Waals surface area contributed by atoms with E-state index in [4.69, 9.17) is 0 Å². The van der Waals surface area contributed by atoms with Crippen molar-refractivity contribution in [1.29, 1.82) is 0 Å². The molecule has 1 N–H and O–H groups in total. The second-order valence-corrected chi connectivity index (χ2v) is 6.47. The van der Waals surface area contributed by atoms with Crippen LogP contribution in [0, 0.1) is 5.82 Å². The van der Waals surface area contributed by atoms with Gasteiger partial charge in [0.25, 0.3) is 11.8 Å². The normalized spacial score (nSPS) is 22.5. The van der Waals surface area contributed by atoms with Crippen LogP contribution in [0.4, 0.5) is 13.2 Å². The van der Waals surface area contributed by atoms with Gasteiger partial charge in [0.1, 0.15) is 5.82 Å². The van der Waals surface area contributed by atoms with Gasteiger partial charge in [-0.05, 0) is 30.7 Å².